The van der Waals surface area contributed by atoms with Crippen LogP contribution in [0.5, 0.6) is 11.5 Å². The third-order valence-electron chi connectivity index (χ3n) is 8.00. The SMILES string of the molecule is COc1cc2c(cc1OCCCC(=O)Nc1cn(C)c(C(=O)Nc3ccc4sc(C(=O)N(C)C)cc4c3)n1)N=C[C@@H]1CCCN1C2=O. The van der Waals surface area contributed by atoms with Crippen molar-refractivity contribution in [1.82, 2.24) is 19.4 Å². The van der Waals surface area contributed by atoms with E-state index in [1.807, 2.05) is 17.2 Å². The Morgan fingerprint density at radius 1 is 1.11 bits per heavy atom. The minimum absolute atomic E-state index is 0.00516. The zero-order valence-electron chi connectivity index (χ0n) is 26.5. The summed E-state index contributed by atoms with van der Waals surface area (Å²) >= 11 is 1.39. The number of nitrogens with zero attached hydrogens (tertiary/aromatic N) is 5. The van der Waals surface area contributed by atoms with Crippen LogP contribution in [0, 0.1) is 0 Å². The van der Waals surface area contributed by atoms with Crippen LogP contribution in [0.2, 0.25) is 0 Å². The number of hydrogen-bond donors (Lipinski definition) is 2. The van der Waals surface area contributed by atoms with E-state index in [1.165, 1.54) is 27.9 Å². The number of rotatable bonds is 10. The molecule has 0 radical (unpaired) electrons. The first kappa shape index (κ1) is 31.7. The van der Waals surface area contributed by atoms with E-state index in [1.54, 1.807) is 57.7 Å². The lowest BCUT2D eigenvalue weighted by Crippen LogP contribution is -2.35. The van der Waals surface area contributed by atoms with E-state index in [2.05, 4.69) is 20.6 Å². The highest BCUT2D eigenvalue weighted by molar-refractivity contribution is 7.20. The fourth-order valence-corrected chi connectivity index (χ4v) is 6.68. The number of nitrogens with one attached hydrogen (secondary N) is 2. The van der Waals surface area contributed by atoms with Gasteiger partial charge in [-0.3, -0.25) is 24.2 Å². The minimum Gasteiger partial charge on any atom is -0.493 e. The molecule has 0 unspecified atom stereocenters. The number of carbonyl (C=O) groups is 4. The van der Waals surface area contributed by atoms with Crippen molar-refractivity contribution in [2.45, 2.75) is 31.7 Å². The number of aliphatic imine (C=N–C) groups is 1. The van der Waals surface area contributed by atoms with Crippen LogP contribution in [0.25, 0.3) is 10.1 Å². The second kappa shape index (κ2) is 13.2. The van der Waals surface area contributed by atoms with Crippen LogP contribution in [0.15, 0.2) is 47.6 Å². The number of ether oxygens (including phenoxy) is 2. The number of aromatic nitrogens is 2. The highest BCUT2D eigenvalue weighted by Gasteiger charge is 2.32. The largest absolute Gasteiger partial charge is 0.493 e. The molecule has 0 spiro atoms. The second-order valence-corrected chi connectivity index (χ2v) is 12.7. The molecule has 47 heavy (non-hydrogen) atoms. The van der Waals surface area contributed by atoms with Crippen molar-refractivity contribution in [2.75, 3.05) is 45.0 Å². The Morgan fingerprint density at radius 3 is 2.72 bits per heavy atom. The molecule has 13 nitrogen and oxygen atoms in total. The van der Waals surface area contributed by atoms with Crippen molar-refractivity contribution < 1.29 is 28.7 Å². The van der Waals surface area contributed by atoms with Crippen LogP contribution in [0.1, 0.15) is 56.3 Å². The van der Waals surface area contributed by atoms with Gasteiger partial charge in [0.1, 0.15) is 0 Å². The molecule has 1 saturated heterocycles. The summed E-state index contributed by atoms with van der Waals surface area (Å²) < 4.78 is 13.9. The predicted molar refractivity (Wildman–Crippen MR) is 180 cm³/mol. The average molecular weight is 658 g/mol. The summed E-state index contributed by atoms with van der Waals surface area (Å²) in [5.74, 6) is 0.368. The highest BCUT2D eigenvalue weighted by atomic mass is 32.1. The molecule has 2 N–H and O–H groups in total. The lowest BCUT2D eigenvalue weighted by molar-refractivity contribution is -0.116. The Bertz CT molecular complexity index is 1910. The molecule has 2 aromatic carbocycles. The molecule has 244 valence electrons. The quantitative estimate of drug-likeness (QED) is 0.235. The van der Waals surface area contributed by atoms with Crippen molar-refractivity contribution in [3.63, 3.8) is 0 Å². The minimum atomic E-state index is -0.443. The number of amides is 4. The molecule has 2 aliphatic heterocycles. The Balaban J connectivity index is 1.02. The summed E-state index contributed by atoms with van der Waals surface area (Å²) in [6.07, 6.45) is 5.79. The number of benzene rings is 2. The van der Waals surface area contributed by atoms with Crippen molar-refractivity contribution in [3.05, 3.63) is 58.9 Å². The molecular formula is C33H35N7O6S. The van der Waals surface area contributed by atoms with Gasteiger partial charge in [0.2, 0.25) is 11.7 Å². The lowest BCUT2D eigenvalue weighted by atomic mass is 10.1. The normalized spacial score (nSPS) is 15.2. The standard InChI is InChI=1S/C33H35N7O6S/c1-38(2)33(44)27-14-19-13-20(9-10-26(19)47-27)35-31(42)30-37-28(18-39(30)3)36-29(41)8-6-12-46-25-16-23-22(15-24(25)45-4)32(43)40-11-5-7-21(40)17-34-23/h9-10,13-18,21H,5-8,11-12H2,1-4H3,(H,35,42)(H,36,41)/t21-/m0/s1. The molecular weight excluding hydrogens is 622 g/mol. The maximum absolute atomic E-state index is 13.1. The number of hydrogen-bond acceptors (Lipinski definition) is 9. The van der Waals surface area contributed by atoms with Gasteiger partial charge in [0.05, 0.1) is 35.9 Å². The molecule has 2 aliphatic rings. The number of anilines is 2. The van der Waals surface area contributed by atoms with Gasteiger partial charge in [-0.05, 0) is 55.0 Å². The van der Waals surface area contributed by atoms with Gasteiger partial charge in [-0.25, -0.2) is 4.98 Å². The topological polar surface area (TPSA) is 147 Å². The van der Waals surface area contributed by atoms with Crippen molar-refractivity contribution in [3.8, 4) is 11.5 Å². The summed E-state index contributed by atoms with van der Waals surface area (Å²) in [5.41, 5.74) is 1.57. The monoisotopic (exact) mass is 657 g/mol. The van der Waals surface area contributed by atoms with Gasteiger partial charge < -0.3 is 34.5 Å². The van der Waals surface area contributed by atoms with E-state index in [-0.39, 0.29) is 48.4 Å². The first-order chi connectivity index (χ1) is 22.6. The third-order valence-corrected chi connectivity index (χ3v) is 9.11. The van der Waals surface area contributed by atoms with Gasteiger partial charge in [-0.2, -0.15) is 0 Å². The second-order valence-electron chi connectivity index (χ2n) is 11.6. The number of imidazole rings is 1. The summed E-state index contributed by atoms with van der Waals surface area (Å²) in [7, 11) is 6.59. The summed E-state index contributed by atoms with van der Waals surface area (Å²) in [6, 6.07) is 10.6. The summed E-state index contributed by atoms with van der Waals surface area (Å²) in [4.78, 5) is 63.9. The number of thiophene rings is 1. The van der Waals surface area contributed by atoms with E-state index < -0.39 is 5.91 Å². The number of fused-ring (bicyclic) bond motifs is 3. The third kappa shape index (κ3) is 6.68. The molecule has 4 aromatic rings. The van der Waals surface area contributed by atoms with Gasteiger partial charge in [0.15, 0.2) is 17.3 Å². The predicted octanol–water partition coefficient (Wildman–Crippen LogP) is 4.72. The highest BCUT2D eigenvalue weighted by Crippen LogP contribution is 2.38. The van der Waals surface area contributed by atoms with Crippen LogP contribution in [-0.2, 0) is 11.8 Å². The zero-order valence-corrected chi connectivity index (χ0v) is 27.3. The van der Waals surface area contributed by atoms with E-state index in [0.717, 1.165) is 22.9 Å². The zero-order chi connectivity index (χ0) is 33.2. The van der Waals surface area contributed by atoms with Crippen molar-refractivity contribution in [1.29, 1.82) is 0 Å². The number of methoxy groups -OCH3 is 1. The van der Waals surface area contributed by atoms with E-state index >= 15 is 0 Å². The smallest absolute Gasteiger partial charge is 0.291 e. The van der Waals surface area contributed by atoms with Gasteiger partial charge in [-0.1, -0.05) is 0 Å². The van der Waals surface area contributed by atoms with Crippen LogP contribution in [0.4, 0.5) is 17.2 Å². The first-order valence-electron chi connectivity index (χ1n) is 15.2. The average Bonchev–Trinajstić information content (AvgIpc) is 3.77. The maximum atomic E-state index is 13.1. The molecule has 0 aliphatic carbocycles. The van der Waals surface area contributed by atoms with Crippen LogP contribution >= 0.6 is 11.3 Å². The van der Waals surface area contributed by atoms with Crippen LogP contribution in [0.3, 0.4) is 0 Å². The van der Waals surface area contributed by atoms with Crippen LogP contribution < -0.4 is 20.1 Å². The fraction of sp³-hybridized carbons (Fsp3) is 0.333. The summed E-state index contributed by atoms with van der Waals surface area (Å²) in [6.45, 7) is 0.935. The number of carbonyl (C=O) groups excluding carboxylic acids is 4. The molecule has 4 heterocycles. The van der Waals surface area contributed by atoms with Gasteiger partial charge in [-0.15, -0.1) is 11.3 Å². The lowest BCUT2D eigenvalue weighted by Gasteiger charge is -2.20. The Kier molecular flexibility index (Phi) is 8.94. The van der Waals surface area contributed by atoms with Crippen molar-refractivity contribution >= 4 is 68.5 Å². The fourth-order valence-electron chi connectivity index (χ4n) is 5.61. The van der Waals surface area contributed by atoms with E-state index in [9.17, 15) is 19.2 Å². The molecule has 1 fully saturated rings. The number of aryl methyl sites for hydroxylation is 1. The van der Waals surface area contributed by atoms with Gasteiger partial charge in [0, 0.05) is 63.0 Å². The Hall–Kier alpha value is -5.24. The first-order valence-corrected chi connectivity index (χ1v) is 16.0. The van der Waals surface area contributed by atoms with E-state index in [0.29, 0.717) is 46.3 Å². The van der Waals surface area contributed by atoms with E-state index in [4.69, 9.17) is 9.47 Å². The van der Waals surface area contributed by atoms with Crippen molar-refractivity contribution in [2.24, 2.45) is 12.0 Å². The Labute approximate surface area is 275 Å². The summed E-state index contributed by atoms with van der Waals surface area (Å²) in [5, 5.41) is 6.42. The van der Waals surface area contributed by atoms with Gasteiger partial charge >= 0.3 is 0 Å². The molecule has 0 bridgehead atoms. The molecule has 0 saturated carbocycles. The molecule has 1 atom stereocenters. The molecule has 14 heteroatoms. The molecule has 6 rings (SSSR count). The molecule has 2 aromatic heterocycles. The maximum Gasteiger partial charge on any atom is 0.291 e. The van der Waals surface area contributed by atoms with Gasteiger partial charge in [0.25, 0.3) is 17.7 Å². The molecule has 4 amide bonds. The Morgan fingerprint density at radius 2 is 1.94 bits per heavy atom. The van der Waals surface area contributed by atoms with Crippen LogP contribution in [-0.4, -0.2) is 89.6 Å².